The lowest BCUT2D eigenvalue weighted by Gasteiger charge is -2.20. The van der Waals surface area contributed by atoms with Crippen LogP contribution in [0.1, 0.15) is 26.4 Å². The molecule has 0 saturated carbocycles. The van der Waals surface area contributed by atoms with E-state index in [2.05, 4.69) is 4.98 Å². The summed E-state index contributed by atoms with van der Waals surface area (Å²) in [4.78, 5) is 29.8. The summed E-state index contributed by atoms with van der Waals surface area (Å²) in [5, 5.41) is 0. The van der Waals surface area contributed by atoms with E-state index >= 15 is 0 Å². The third kappa shape index (κ3) is 2.91. The van der Waals surface area contributed by atoms with Crippen LogP contribution in [0, 0.1) is 6.92 Å². The van der Waals surface area contributed by atoms with Gasteiger partial charge in [0.05, 0.1) is 18.4 Å². The molecule has 1 amide bonds. The lowest BCUT2D eigenvalue weighted by Crippen LogP contribution is -2.29. The van der Waals surface area contributed by atoms with Crippen LogP contribution in [0.4, 0.5) is 5.69 Å². The molecule has 0 saturated heterocycles. The number of pyridine rings is 1. The van der Waals surface area contributed by atoms with Crippen LogP contribution in [0.5, 0.6) is 0 Å². The van der Waals surface area contributed by atoms with Gasteiger partial charge in [-0.15, -0.1) is 0 Å². The molecular weight excluding hydrogens is 268 g/mol. The average Bonchev–Trinajstić information content (AvgIpc) is 2.53. The molecule has 5 heteroatoms. The quantitative estimate of drug-likeness (QED) is 0.812. The molecule has 1 aromatic carbocycles. The summed E-state index contributed by atoms with van der Waals surface area (Å²) in [5.74, 6) is -0.757. The number of ether oxygens (including phenoxy) is 1. The first-order valence-corrected chi connectivity index (χ1v) is 6.43. The van der Waals surface area contributed by atoms with Crippen molar-refractivity contribution in [3.05, 3.63) is 59.4 Å². The minimum atomic E-state index is -0.483. The van der Waals surface area contributed by atoms with Gasteiger partial charge in [-0.05, 0) is 30.7 Å². The van der Waals surface area contributed by atoms with Gasteiger partial charge in [-0.1, -0.05) is 18.2 Å². The largest absolute Gasteiger partial charge is 0.465 e. The van der Waals surface area contributed by atoms with Crippen LogP contribution in [-0.4, -0.2) is 31.0 Å². The van der Waals surface area contributed by atoms with Crippen LogP contribution in [0.15, 0.2) is 42.6 Å². The molecule has 0 N–H and O–H groups in total. The molecule has 0 unspecified atom stereocenters. The van der Waals surface area contributed by atoms with Crippen molar-refractivity contribution in [3.63, 3.8) is 0 Å². The van der Waals surface area contributed by atoms with Gasteiger partial charge in [0.15, 0.2) is 0 Å². The molecule has 0 aliphatic rings. The minimum Gasteiger partial charge on any atom is -0.465 e. The number of benzene rings is 1. The van der Waals surface area contributed by atoms with Crippen LogP contribution in [-0.2, 0) is 4.74 Å². The highest BCUT2D eigenvalue weighted by atomic mass is 16.5. The Morgan fingerprint density at radius 2 is 1.86 bits per heavy atom. The van der Waals surface area contributed by atoms with Crippen molar-refractivity contribution >= 4 is 17.6 Å². The molecule has 2 rings (SSSR count). The van der Waals surface area contributed by atoms with Gasteiger partial charge in [0.25, 0.3) is 5.91 Å². The van der Waals surface area contributed by atoms with Crippen molar-refractivity contribution in [3.8, 4) is 0 Å². The van der Waals surface area contributed by atoms with E-state index in [-0.39, 0.29) is 5.91 Å². The Morgan fingerprint density at radius 3 is 2.52 bits per heavy atom. The molecule has 0 aliphatic heterocycles. The number of hydrogen-bond donors (Lipinski definition) is 0. The maximum absolute atomic E-state index is 12.5. The molecular formula is C16H16N2O3. The number of methoxy groups -OCH3 is 1. The van der Waals surface area contributed by atoms with E-state index in [1.54, 1.807) is 43.6 Å². The third-order valence-electron chi connectivity index (χ3n) is 3.19. The Labute approximate surface area is 123 Å². The number of carbonyl (C=O) groups excluding carboxylic acids is 2. The Hall–Kier alpha value is -2.69. The Kier molecular flexibility index (Phi) is 4.33. The summed E-state index contributed by atoms with van der Waals surface area (Å²) in [6.07, 6.45) is 1.57. The van der Waals surface area contributed by atoms with E-state index in [1.165, 1.54) is 12.0 Å². The summed E-state index contributed by atoms with van der Waals surface area (Å²) in [6, 6.07) is 10.4. The number of esters is 1. The van der Waals surface area contributed by atoms with Crippen molar-refractivity contribution in [1.82, 2.24) is 4.98 Å². The van der Waals surface area contributed by atoms with E-state index in [1.807, 2.05) is 13.0 Å². The summed E-state index contributed by atoms with van der Waals surface area (Å²) < 4.78 is 4.74. The number of aryl methyl sites for hydroxylation is 1. The molecule has 0 aliphatic carbocycles. The standard InChI is InChI=1S/C16H16N2O3/c1-11-7-6-10-17-14(11)15(19)18(2)13-9-5-4-8-12(13)16(20)21-3/h4-10H,1-3H3. The zero-order valence-corrected chi connectivity index (χ0v) is 12.2. The van der Waals surface area contributed by atoms with Crippen LogP contribution in [0.25, 0.3) is 0 Å². The van der Waals surface area contributed by atoms with Gasteiger partial charge in [0.1, 0.15) is 5.69 Å². The molecule has 2 aromatic rings. The number of amides is 1. The molecule has 0 spiro atoms. The highest BCUT2D eigenvalue weighted by molar-refractivity contribution is 6.08. The fourth-order valence-electron chi connectivity index (χ4n) is 2.03. The SMILES string of the molecule is COC(=O)c1ccccc1N(C)C(=O)c1ncccc1C. The summed E-state index contributed by atoms with van der Waals surface area (Å²) in [7, 11) is 2.92. The first-order chi connectivity index (χ1) is 10.1. The summed E-state index contributed by atoms with van der Waals surface area (Å²) in [5.41, 5.74) is 1.97. The number of rotatable bonds is 3. The molecule has 1 aromatic heterocycles. The normalized spacial score (nSPS) is 10.0. The minimum absolute atomic E-state index is 0.274. The number of hydrogen-bond acceptors (Lipinski definition) is 4. The number of nitrogens with zero attached hydrogens (tertiary/aromatic N) is 2. The number of para-hydroxylation sites is 1. The zero-order valence-electron chi connectivity index (χ0n) is 12.2. The Balaban J connectivity index is 2.41. The predicted molar refractivity (Wildman–Crippen MR) is 79.5 cm³/mol. The monoisotopic (exact) mass is 284 g/mol. The van der Waals surface area contributed by atoms with E-state index in [0.717, 1.165) is 5.56 Å². The topological polar surface area (TPSA) is 59.5 Å². The van der Waals surface area contributed by atoms with Gasteiger partial charge in [0, 0.05) is 13.2 Å². The van der Waals surface area contributed by atoms with Crippen molar-refractivity contribution < 1.29 is 14.3 Å². The maximum Gasteiger partial charge on any atom is 0.339 e. The highest BCUT2D eigenvalue weighted by Crippen LogP contribution is 2.22. The Bertz CT molecular complexity index is 683. The van der Waals surface area contributed by atoms with Crippen LogP contribution in [0.3, 0.4) is 0 Å². The van der Waals surface area contributed by atoms with Gasteiger partial charge >= 0.3 is 5.97 Å². The number of anilines is 1. The number of carbonyl (C=O) groups is 2. The molecule has 21 heavy (non-hydrogen) atoms. The van der Waals surface area contributed by atoms with E-state index in [4.69, 9.17) is 4.74 Å². The molecule has 0 radical (unpaired) electrons. The van der Waals surface area contributed by atoms with Gasteiger partial charge in [-0.25, -0.2) is 4.79 Å². The average molecular weight is 284 g/mol. The van der Waals surface area contributed by atoms with E-state index < -0.39 is 5.97 Å². The van der Waals surface area contributed by atoms with Crippen LogP contribution >= 0.6 is 0 Å². The van der Waals surface area contributed by atoms with Crippen molar-refractivity contribution in [2.45, 2.75) is 6.92 Å². The van der Waals surface area contributed by atoms with E-state index in [9.17, 15) is 9.59 Å². The Morgan fingerprint density at radius 1 is 1.14 bits per heavy atom. The fraction of sp³-hybridized carbons (Fsp3) is 0.188. The van der Waals surface area contributed by atoms with Crippen LogP contribution < -0.4 is 4.90 Å². The molecule has 0 fully saturated rings. The van der Waals surface area contributed by atoms with Gasteiger partial charge in [0.2, 0.25) is 0 Å². The van der Waals surface area contributed by atoms with Crippen molar-refractivity contribution in [1.29, 1.82) is 0 Å². The molecule has 1 heterocycles. The molecule has 0 bridgehead atoms. The second-order valence-electron chi connectivity index (χ2n) is 4.54. The third-order valence-corrected chi connectivity index (χ3v) is 3.19. The lowest BCUT2D eigenvalue weighted by molar-refractivity contribution is 0.0601. The first kappa shape index (κ1) is 14.7. The zero-order chi connectivity index (χ0) is 15.4. The first-order valence-electron chi connectivity index (χ1n) is 6.43. The summed E-state index contributed by atoms with van der Waals surface area (Å²) >= 11 is 0. The molecule has 0 atom stereocenters. The maximum atomic E-state index is 12.5. The predicted octanol–water partition coefficient (Wildman–Crippen LogP) is 2.45. The van der Waals surface area contributed by atoms with Gasteiger partial charge in [-0.2, -0.15) is 0 Å². The molecule has 5 nitrogen and oxygen atoms in total. The second kappa shape index (κ2) is 6.17. The van der Waals surface area contributed by atoms with Gasteiger partial charge in [-0.3, -0.25) is 9.78 Å². The van der Waals surface area contributed by atoms with Crippen molar-refractivity contribution in [2.75, 3.05) is 19.1 Å². The smallest absolute Gasteiger partial charge is 0.339 e. The van der Waals surface area contributed by atoms with Gasteiger partial charge < -0.3 is 9.64 Å². The van der Waals surface area contributed by atoms with Crippen molar-refractivity contribution in [2.24, 2.45) is 0 Å². The fourth-order valence-corrected chi connectivity index (χ4v) is 2.03. The molecule has 108 valence electrons. The van der Waals surface area contributed by atoms with Crippen LogP contribution in [0.2, 0.25) is 0 Å². The van der Waals surface area contributed by atoms with E-state index in [0.29, 0.717) is 16.9 Å². The number of aromatic nitrogens is 1. The summed E-state index contributed by atoms with van der Waals surface area (Å²) in [6.45, 7) is 1.82. The highest BCUT2D eigenvalue weighted by Gasteiger charge is 2.21. The second-order valence-corrected chi connectivity index (χ2v) is 4.54. The lowest BCUT2D eigenvalue weighted by atomic mass is 10.1.